The molecule has 1 fully saturated rings. The van der Waals surface area contributed by atoms with Crippen molar-refractivity contribution in [2.45, 2.75) is 31.7 Å². The summed E-state index contributed by atoms with van der Waals surface area (Å²) in [6, 6.07) is 4.48. The zero-order valence-corrected chi connectivity index (χ0v) is 18.6. The highest BCUT2D eigenvalue weighted by molar-refractivity contribution is 7.17. The summed E-state index contributed by atoms with van der Waals surface area (Å²) >= 11 is 1.29. The molecule has 1 atom stereocenters. The van der Waals surface area contributed by atoms with E-state index in [9.17, 15) is 29.3 Å². The first kappa shape index (κ1) is 22.4. The van der Waals surface area contributed by atoms with Gasteiger partial charge in [-0.3, -0.25) is 24.6 Å². The average molecular weight is 472 g/mol. The molecule has 4 rings (SSSR count). The molecular weight excluding hydrogens is 452 g/mol. The number of ether oxygens (including phenoxy) is 1. The van der Waals surface area contributed by atoms with Crippen molar-refractivity contribution in [3.05, 3.63) is 55.9 Å². The number of benzene rings is 1. The Bertz CT molecular complexity index is 1190. The molecule has 0 saturated carbocycles. The second-order valence-electron chi connectivity index (χ2n) is 7.85. The zero-order chi connectivity index (χ0) is 23.9. The number of rotatable bonds is 6. The Kier molecular flexibility index (Phi) is 5.62. The molecule has 2 aliphatic rings. The highest BCUT2D eigenvalue weighted by Gasteiger charge is 2.49. The van der Waals surface area contributed by atoms with Gasteiger partial charge in [-0.25, -0.2) is 9.59 Å². The lowest BCUT2D eigenvalue weighted by molar-refractivity contribution is -0.384. The van der Waals surface area contributed by atoms with Gasteiger partial charge in [0, 0.05) is 17.0 Å². The fourth-order valence-corrected chi connectivity index (χ4v) is 5.37. The first-order valence-corrected chi connectivity index (χ1v) is 10.9. The number of thiophene rings is 1. The molecule has 1 saturated heterocycles. The topological polar surface area (TPSA) is 148 Å². The number of aryl methyl sites for hydroxylation is 1. The number of nitrogens with zero attached hydrogens (tertiary/aromatic N) is 2. The predicted octanol–water partition coefficient (Wildman–Crippen LogP) is 2.34. The fraction of sp³-hybridized carbons (Fsp3) is 0.333. The second-order valence-corrected chi connectivity index (χ2v) is 8.96. The Balaban J connectivity index is 1.51. The van der Waals surface area contributed by atoms with Crippen LogP contribution in [0.15, 0.2) is 24.3 Å². The fourth-order valence-electron chi connectivity index (χ4n) is 4.07. The van der Waals surface area contributed by atoms with E-state index in [1.807, 2.05) is 0 Å². The van der Waals surface area contributed by atoms with Crippen LogP contribution < -0.4 is 10.6 Å². The van der Waals surface area contributed by atoms with Gasteiger partial charge in [0.15, 0.2) is 0 Å². The molecule has 1 aromatic heterocycles. The molecule has 12 heteroatoms. The number of hydrogen-bond acceptors (Lipinski definition) is 8. The summed E-state index contributed by atoms with van der Waals surface area (Å²) in [6.07, 6.45) is 2.44. The third-order valence-corrected chi connectivity index (χ3v) is 7.00. The van der Waals surface area contributed by atoms with Crippen LogP contribution in [0.4, 0.5) is 15.5 Å². The van der Waals surface area contributed by atoms with Crippen LogP contribution in [-0.2, 0) is 32.7 Å². The van der Waals surface area contributed by atoms with Crippen molar-refractivity contribution in [3.8, 4) is 0 Å². The minimum atomic E-state index is -1.48. The predicted molar refractivity (Wildman–Crippen MR) is 117 cm³/mol. The zero-order valence-electron chi connectivity index (χ0n) is 17.8. The van der Waals surface area contributed by atoms with Crippen LogP contribution in [0.3, 0.4) is 0 Å². The number of fused-ring (bicyclic) bond motifs is 1. The van der Waals surface area contributed by atoms with Crippen molar-refractivity contribution >= 4 is 45.8 Å². The summed E-state index contributed by atoms with van der Waals surface area (Å²) in [5.74, 6) is -1.86. The minimum absolute atomic E-state index is 0.153. The average Bonchev–Trinajstić information content (AvgIpc) is 3.42. The smallest absolute Gasteiger partial charge is 0.341 e. The number of urea groups is 1. The summed E-state index contributed by atoms with van der Waals surface area (Å²) in [7, 11) is 1.26. The molecule has 2 N–H and O–H groups in total. The van der Waals surface area contributed by atoms with Crippen LogP contribution in [0.2, 0.25) is 0 Å². The summed E-state index contributed by atoms with van der Waals surface area (Å²) in [5.41, 5.74) is -0.107. The number of imide groups is 1. The quantitative estimate of drug-likeness (QED) is 0.284. The van der Waals surface area contributed by atoms with Gasteiger partial charge in [0.2, 0.25) is 5.91 Å². The Morgan fingerprint density at radius 1 is 1.27 bits per heavy atom. The monoisotopic (exact) mass is 472 g/mol. The molecule has 0 radical (unpaired) electrons. The molecule has 0 spiro atoms. The van der Waals surface area contributed by atoms with Crippen molar-refractivity contribution in [1.82, 2.24) is 10.2 Å². The molecule has 0 bridgehead atoms. The molecule has 1 aromatic carbocycles. The maximum absolute atomic E-state index is 13.0. The van der Waals surface area contributed by atoms with Crippen LogP contribution in [0.5, 0.6) is 0 Å². The number of hydrogen-bond donors (Lipinski definition) is 2. The van der Waals surface area contributed by atoms with E-state index in [1.54, 1.807) is 0 Å². The molecule has 1 unspecified atom stereocenters. The lowest BCUT2D eigenvalue weighted by Crippen LogP contribution is -2.42. The molecule has 2 heterocycles. The maximum atomic E-state index is 13.0. The Morgan fingerprint density at radius 2 is 1.97 bits per heavy atom. The summed E-state index contributed by atoms with van der Waals surface area (Å²) in [4.78, 5) is 62.6. The van der Waals surface area contributed by atoms with E-state index in [0.29, 0.717) is 22.5 Å². The van der Waals surface area contributed by atoms with Crippen molar-refractivity contribution in [2.75, 3.05) is 19.0 Å². The highest BCUT2D eigenvalue weighted by Crippen LogP contribution is 2.39. The number of amides is 4. The Hall–Kier alpha value is -3.80. The normalized spacial score (nSPS) is 19.3. The van der Waals surface area contributed by atoms with Crippen molar-refractivity contribution in [3.63, 3.8) is 0 Å². The number of carbonyl (C=O) groups is 4. The van der Waals surface area contributed by atoms with E-state index in [-0.39, 0.29) is 5.69 Å². The molecule has 33 heavy (non-hydrogen) atoms. The highest BCUT2D eigenvalue weighted by atomic mass is 32.1. The van der Waals surface area contributed by atoms with Gasteiger partial charge in [-0.2, -0.15) is 0 Å². The summed E-state index contributed by atoms with van der Waals surface area (Å²) in [5, 5.41) is 16.4. The van der Waals surface area contributed by atoms with Gasteiger partial charge in [0.05, 0.1) is 17.6 Å². The van der Waals surface area contributed by atoms with Gasteiger partial charge < -0.3 is 15.4 Å². The molecular formula is C21H20N4O7S. The van der Waals surface area contributed by atoms with E-state index in [0.717, 1.165) is 28.2 Å². The van der Waals surface area contributed by atoms with Crippen LogP contribution >= 0.6 is 11.3 Å². The number of methoxy groups -OCH3 is 1. The van der Waals surface area contributed by atoms with Crippen molar-refractivity contribution in [1.29, 1.82) is 0 Å². The first-order valence-electron chi connectivity index (χ1n) is 10.1. The van der Waals surface area contributed by atoms with Crippen LogP contribution in [0.25, 0.3) is 0 Å². The summed E-state index contributed by atoms with van der Waals surface area (Å²) in [6.45, 7) is 0.905. The number of non-ortho nitro benzene ring substituents is 1. The number of anilines is 1. The molecule has 1 aliphatic heterocycles. The van der Waals surface area contributed by atoms with E-state index >= 15 is 0 Å². The molecule has 172 valence electrons. The SMILES string of the molecule is COC(=O)c1c(NC(=O)CN2C(=O)NC(C)(c3ccc([N+](=O)[O-])cc3)C2=O)sc2c1CCC2. The van der Waals surface area contributed by atoms with Crippen LogP contribution in [-0.4, -0.2) is 47.3 Å². The Morgan fingerprint density at radius 3 is 2.61 bits per heavy atom. The van der Waals surface area contributed by atoms with Gasteiger partial charge in [0.1, 0.15) is 17.1 Å². The number of carbonyl (C=O) groups excluding carboxylic acids is 4. The molecule has 11 nitrogen and oxygen atoms in total. The third kappa shape index (κ3) is 3.82. The van der Waals surface area contributed by atoms with Crippen LogP contribution in [0.1, 0.15) is 39.7 Å². The lowest BCUT2D eigenvalue weighted by Gasteiger charge is -2.22. The van der Waals surface area contributed by atoms with E-state index in [1.165, 1.54) is 49.6 Å². The molecule has 4 amide bonds. The van der Waals surface area contributed by atoms with Crippen molar-refractivity contribution < 1.29 is 28.8 Å². The van der Waals surface area contributed by atoms with Gasteiger partial charge in [-0.05, 0) is 49.4 Å². The molecule has 2 aromatic rings. The molecule has 1 aliphatic carbocycles. The summed E-state index contributed by atoms with van der Waals surface area (Å²) < 4.78 is 4.85. The second kappa shape index (κ2) is 8.28. The van der Waals surface area contributed by atoms with E-state index in [2.05, 4.69) is 10.6 Å². The van der Waals surface area contributed by atoms with Gasteiger partial charge in [-0.1, -0.05) is 0 Å². The number of esters is 1. The number of nitro benzene ring substituents is 1. The van der Waals surface area contributed by atoms with Gasteiger partial charge >= 0.3 is 12.0 Å². The first-order chi connectivity index (χ1) is 15.7. The minimum Gasteiger partial charge on any atom is -0.465 e. The standard InChI is InChI=1S/C21H20N4O7S/c1-21(11-6-8-12(9-7-11)25(30)31)19(28)24(20(29)23-21)10-15(26)22-17-16(18(27)32-2)13-4-3-5-14(13)33-17/h6-9H,3-5,10H2,1-2H3,(H,22,26)(H,23,29). The number of nitrogens with one attached hydrogen (secondary N) is 2. The maximum Gasteiger partial charge on any atom is 0.341 e. The third-order valence-electron chi connectivity index (χ3n) is 5.80. The van der Waals surface area contributed by atoms with Gasteiger partial charge in [0.25, 0.3) is 11.6 Å². The van der Waals surface area contributed by atoms with E-state index < -0.39 is 40.8 Å². The lowest BCUT2D eigenvalue weighted by atomic mass is 9.92. The van der Waals surface area contributed by atoms with Crippen molar-refractivity contribution in [2.24, 2.45) is 0 Å². The van der Waals surface area contributed by atoms with Gasteiger partial charge in [-0.15, -0.1) is 11.3 Å². The van der Waals surface area contributed by atoms with E-state index in [4.69, 9.17) is 4.74 Å². The largest absolute Gasteiger partial charge is 0.465 e. The number of nitro groups is 1. The Labute approximate surface area is 191 Å². The van der Waals surface area contributed by atoms with Crippen LogP contribution in [0, 0.1) is 10.1 Å².